The van der Waals surface area contributed by atoms with Crippen molar-refractivity contribution in [3.8, 4) is 0 Å². The average molecular weight is 395 g/mol. The van der Waals surface area contributed by atoms with Crippen LogP contribution in [0.3, 0.4) is 0 Å². The van der Waals surface area contributed by atoms with Gasteiger partial charge in [-0.3, -0.25) is 0 Å². The zero-order valence-corrected chi connectivity index (χ0v) is 19.4. The molecule has 0 heterocycles. The average Bonchev–Trinajstić information content (AvgIpc) is 2.65. The minimum Gasteiger partial charge on any atom is -0.870 e. The van der Waals surface area contributed by atoms with Crippen LogP contribution in [-0.2, 0) is 6.42 Å². The Morgan fingerprint density at radius 3 is 1.30 bits per heavy atom. The Labute approximate surface area is 171 Å². The number of aryl methyl sites for hydroxylation is 1. The number of unbranched alkanes of at least 4 members (excludes halogenated alkanes) is 14. The van der Waals surface area contributed by atoms with Gasteiger partial charge in [-0.2, -0.15) is 0 Å². The first kappa shape index (κ1) is 26.6. The Morgan fingerprint density at radius 2 is 0.889 bits per heavy atom. The van der Waals surface area contributed by atoms with E-state index in [4.69, 9.17) is 0 Å². The fourth-order valence-corrected chi connectivity index (χ4v) is 4.71. The summed E-state index contributed by atoms with van der Waals surface area (Å²) in [6.07, 6.45) is 24.7. The quantitative estimate of drug-likeness (QED) is 0.182. The molecule has 0 aromatic heterocycles. The van der Waals surface area contributed by atoms with E-state index in [9.17, 15) is 0 Å². The van der Waals surface area contributed by atoms with Crippen molar-refractivity contribution >= 4 is 7.92 Å². The molecule has 0 radical (unpaired) electrons. The lowest BCUT2D eigenvalue weighted by atomic mass is 10.0. The molecule has 0 aliphatic carbocycles. The van der Waals surface area contributed by atoms with Crippen LogP contribution >= 0.6 is 7.92 Å². The van der Waals surface area contributed by atoms with Gasteiger partial charge in [0.1, 0.15) is 0 Å². The minimum absolute atomic E-state index is 0. The second kappa shape index (κ2) is 20.3. The van der Waals surface area contributed by atoms with E-state index in [-0.39, 0.29) is 13.4 Å². The summed E-state index contributed by atoms with van der Waals surface area (Å²) < 4.78 is 0. The topological polar surface area (TPSA) is 30.0 Å². The van der Waals surface area contributed by atoms with Crippen LogP contribution in [0.1, 0.15) is 102 Å². The minimum atomic E-state index is 0. The van der Waals surface area contributed by atoms with Crippen molar-refractivity contribution in [2.75, 3.05) is 19.5 Å². The van der Waals surface area contributed by atoms with Crippen molar-refractivity contribution in [2.45, 2.75) is 103 Å². The largest absolute Gasteiger partial charge is 0.870 e. The lowest BCUT2D eigenvalue weighted by Crippen LogP contribution is -1.86. The highest BCUT2D eigenvalue weighted by atomic mass is 31.1. The molecule has 0 aliphatic rings. The van der Waals surface area contributed by atoms with E-state index in [2.05, 4.69) is 43.7 Å². The van der Waals surface area contributed by atoms with Crippen LogP contribution in [0.25, 0.3) is 0 Å². The van der Waals surface area contributed by atoms with Crippen LogP contribution < -0.4 is 0 Å². The Hall–Kier alpha value is -0.390. The molecular weight excluding hydrogens is 347 g/mol. The van der Waals surface area contributed by atoms with Gasteiger partial charge < -0.3 is 5.48 Å². The van der Waals surface area contributed by atoms with Gasteiger partial charge in [0.25, 0.3) is 0 Å². The number of benzene rings is 1. The van der Waals surface area contributed by atoms with Crippen molar-refractivity contribution in [1.29, 1.82) is 0 Å². The van der Waals surface area contributed by atoms with Crippen LogP contribution in [0.4, 0.5) is 0 Å². The van der Waals surface area contributed by atoms with Crippen molar-refractivity contribution in [3.05, 3.63) is 35.9 Å². The van der Waals surface area contributed by atoms with Crippen LogP contribution in [0, 0.1) is 0 Å². The van der Waals surface area contributed by atoms with E-state index in [1.165, 1.54) is 114 Å². The highest BCUT2D eigenvalue weighted by molar-refractivity contribution is 7.55. The standard InChI is InChI=1S/C25H45P.H2O/c1-26(2)24-20-15-13-11-9-7-5-3-4-6-8-10-12-14-17-21-25-22-18-16-19-23-25;/h16,18-19,22-23H,3-15,17,20-21,24H2,1-2H3;1H2. The fourth-order valence-electron chi connectivity index (χ4n) is 3.75. The first-order valence-corrected chi connectivity index (χ1v) is 14.3. The molecule has 0 saturated heterocycles. The first-order valence-electron chi connectivity index (χ1n) is 11.6. The summed E-state index contributed by atoms with van der Waals surface area (Å²) in [4.78, 5) is 0. The molecule has 0 amide bonds. The molecule has 1 N–H and O–H groups in total. The molecule has 158 valence electrons. The predicted molar refractivity (Wildman–Crippen MR) is 126 cm³/mol. The molecule has 1 aromatic carbocycles. The van der Waals surface area contributed by atoms with E-state index in [1.54, 1.807) is 0 Å². The van der Waals surface area contributed by atoms with Crippen LogP contribution in [0.2, 0.25) is 0 Å². The van der Waals surface area contributed by atoms with Crippen molar-refractivity contribution < 1.29 is 5.48 Å². The summed E-state index contributed by atoms with van der Waals surface area (Å²) in [5.74, 6) is 0. The molecule has 27 heavy (non-hydrogen) atoms. The van der Waals surface area contributed by atoms with Gasteiger partial charge in [-0.25, -0.2) is 0 Å². The van der Waals surface area contributed by atoms with Crippen LogP contribution in [0.5, 0.6) is 0 Å². The summed E-state index contributed by atoms with van der Waals surface area (Å²) in [5.41, 5.74) is 1.50. The molecule has 0 bridgehead atoms. The molecule has 2 heteroatoms. The van der Waals surface area contributed by atoms with Gasteiger partial charge in [0.15, 0.2) is 0 Å². The van der Waals surface area contributed by atoms with Gasteiger partial charge in [-0.15, -0.1) is 0 Å². The second-order valence-electron chi connectivity index (χ2n) is 8.50. The van der Waals surface area contributed by atoms with Gasteiger partial charge in [0.05, 0.1) is 6.16 Å². The van der Waals surface area contributed by atoms with E-state index >= 15 is 0 Å². The monoisotopic (exact) mass is 394 g/mol. The fraction of sp³-hybridized carbons (Fsp3) is 0.760. The summed E-state index contributed by atoms with van der Waals surface area (Å²) >= 11 is 0. The molecule has 0 fully saturated rings. The molecule has 0 atom stereocenters. The Kier molecular flexibility index (Phi) is 20.1. The van der Waals surface area contributed by atoms with Crippen molar-refractivity contribution in [3.63, 3.8) is 0 Å². The smallest absolute Gasteiger partial charge is 0.0566 e. The molecule has 1 aromatic rings. The highest BCUT2D eigenvalue weighted by Gasteiger charge is 1.99. The van der Waals surface area contributed by atoms with Gasteiger partial charge in [-0.1, -0.05) is 107 Å². The lowest BCUT2D eigenvalue weighted by Gasteiger charge is -2.04. The van der Waals surface area contributed by atoms with Crippen LogP contribution in [0.15, 0.2) is 30.3 Å². The number of hydrogen-bond donors (Lipinski definition) is 0. The van der Waals surface area contributed by atoms with E-state index in [0.717, 1.165) is 0 Å². The zero-order valence-electron chi connectivity index (χ0n) is 18.4. The van der Waals surface area contributed by atoms with E-state index in [1.807, 2.05) is 0 Å². The molecule has 0 spiro atoms. The van der Waals surface area contributed by atoms with Gasteiger partial charge in [0.2, 0.25) is 0 Å². The van der Waals surface area contributed by atoms with Gasteiger partial charge in [0, 0.05) is 13.3 Å². The lowest BCUT2D eigenvalue weighted by molar-refractivity contribution is 0.532. The molecule has 1 rings (SSSR count). The van der Waals surface area contributed by atoms with Gasteiger partial charge in [-0.05, 0) is 39.2 Å². The molecule has 0 unspecified atom stereocenters. The third-order valence-electron chi connectivity index (χ3n) is 5.49. The number of rotatable bonds is 18. The first-order chi connectivity index (χ1) is 12.8. The normalized spacial score (nSPS) is 10.9. The van der Waals surface area contributed by atoms with Gasteiger partial charge >= 0.3 is 0 Å². The van der Waals surface area contributed by atoms with E-state index in [0.29, 0.717) is 0 Å². The molecule has 1 nitrogen and oxygen atoms in total. The Balaban J connectivity index is 0.00000676. The maximum Gasteiger partial charge on any atom is 0.0566 e. The van der Waals surface area contributed by atoms with Crippen molar-refractivity contribution in [2.24, 2.45) is 0 Å². The SMILES string of the molecule is C[PH+](C)CCCCCCCCCCCCCCCCCc1ccccc1.[OH-]. The zero-order chi connectivity index (χ0) is 18.7. The highest BCUT2D eigenvalue weighted by Crippen LogP contribution is 2.26. The maximum absolute atomic E-state index is 2.44. The third-order valence-corrected chi connectivity index (χ3v) is 6.84. The summed E-state index contributed by atoms with van der Waals surface area (Å²) in [7, 11) is 0.0352. The predicted octanol–water partition coefficient (Wildman–Crippen LogP) is 8.38. The molecule has 0 aliphatic heterocycles. The maximum atomic E-state index is 2.44. The summed E-state index contributed by atoms with van der Waals surface area (Å²) in [5, 5.41) is 0. The Morgan fingerprint density at radius 1 is 0.519 bits per heavy atom. The molecular formula is C25H47OP. The van der Waals surface area contributed by atoms with Crippen molar-refractivity contribution in [1.82, 2.24) is 0 Å². The second-order valence-corrected chi connectivity index (χ2v) is 11.4. The van der Waals surface area contributed by atoms with E-state index < -0.39 is 0 Å². The van der Waals surface area contributed by atoms with Crippen LogP contribution in [-0.4, -0.2) is 25.0 Å². The molecule has 0 saturated carbocycles. The number of hydrogen-bond acceptors (Lipinski definition) is 1. The third kappa shape index (κ3) is 18.7. The Bertz CT molecular complexity index is 391. The summed E-state index contributed by atoms with van der Waals surface area (Å²) in [6, 6.07) is 10.9. The summed E-state index contributed by atoms with van der Waals surface area (Å²) in [6.45, 7) is 4.88.